The normalized spacial score (nSPS) is 12.7. The second kappa shape index (κ2) is 7.92. The topological polar surface area (TPSA) is 68.3 Å². The third-order valence-corrected chi connectivity index (χ3v) is 8.28. The second-order valence-electron chi connectivity index (χ2n) is 7.19. The van der Waals surface area contributed by atoms with Gasteiger partial charge in [-0.2, -0.15) is 0 Å². The van der Waals surface area contributed by atoms with E-state index in [4.69, 9.17) is 0 Å². The molecule has 0 aliphatic rings. The van der Waals surface area contributed by atoms with Crippen LogP contribution in [0.5, 0.6) is 0 Å². The molecule has 2 aromatic rings. The van der Waals surface area contributed by atoms with Crippen LogP contribution in [0.25, 0.3) is 0 Å². The molecule has 0 saturated carbocycles. The van der Waals surface area contributed by atoms with E-state index in [0.29, 0.717) is 0 Å². The van der Waals surface area contributed by atoms with Crippen molar-refractivity contribution in [2.75, 3.05) is 11.5 Å². The summed E-state index contributed by atoms with van der Waals surface area (Å²) in [6, 6.07) is 13.3. The summed E-state index contributed by atoms with van der Waals surface area (Å²) in [6.45, 7) is 7.50. The maximum absolute atomic E-state index is 12.7. The van der Waals surface area contributed by atoms with Crippen molar-refractivity contribution in [2.45, 2.75) is 37.5 Å². The standard InChI is InChI=1S/C20H26O4S2/c1-15(2)18(13-25(21,22)19-9-5-16(3)6-10-19)14-26(23,24)20-11-7-17(4)8-12-20/h5-12,15,18H,13-14H2,1-4H3. The first kappa shape index (κ1) is 20.6. The molecule has 0 aromatic heterocycles. The molecule has 0 radical (unpaired) electrons. The van der Waals surface area contributed by atoms with Crippen LogP contribution in [0.1, 0.15) is 25.0 Å². The molecule has 26 heavy (non-hydrogen) atoms. The third kappa shape index (κ3) is 5.17. The molecule has 142 valence electrons. The van der Waals surface area contributed by atoms with Crippen LogP contribution in [-0.4, -0.2) is 28.3 Å². The molecule has 0 atom stereocenters. The molecule has 0 aliphatic carbocycles. The van der Waals surface area contributed by atoms with E-state index in [1.165, 1.54) is 0 Å². The van der Waals surface area contributed by atoms with Crippen molar-refractivity contribution in [2.24, 2.45) is 11.8 Å². The molecule has 0 saturated heterocycles. The molecular weight excluding hydrogens is 368 g/mol. The quantitative estimate of drug-likeness (QED) is 0.716. The third-order valence-electron chi connectivity index (χ3n) is 4.57. The van der Waals surface area contributed by atoms with Gasteiger partial charge in [0.1, 0.15) is 0 Å². The number of hydrogen-bond donors (Lipinski definition) is 0. The Morgan fingerprint density at radius 1 is 0.654 bits per heavy atom. The molecule has 0 spiro atoms. The zero-order valence-electron chi connectivity index (χ0n) is 15.6. The summed E-state index contributed by atoms with van der Waals surface area (Å²) in [4.78, 5) is 0.475. The zero-order valence-corrected chi connectivity index (χ0v) is 17.3. The minimum absolute atomic E-state index is 0.0737. The molecule has 0 fully saturated rings. The molecule has 0 unspecified atom stereocenters. The molecule has 0 bridgehead atoms. The lowest BCUT2D eigenvalue weighted by molar-refractivity contribution is 0.449. The van der Waals surface area contributed by atoms with E-state index in [9.17, 15) is 16.8 Å². The van der Waals surface area contributed by atoms with Gasteiger partial charge in [-0.15, -0.1) is 0 Å². The van der Waals surface area contributed by atoms with Gasteiger partial charge in [-0.25, -0.2) is 16.8 Å². The Morgan fingerprint density at radius 2 is 0.962 bits per heavy atom. The van der Waals surface area contributed by atoms with E-state index < -0.39 is 25.6 Å². The van der Waals surface area contributed by atoms with Crippen LogP contribution in [0.4, 0.5) is 0 Å². The minimum atomic E-state index is -3.55. The number of hydrogen-bond acceptors (Lipinski definition) is 4. The van der Waals surface area contributed by atoms with Gasteiger partial charge in [0, 0.05) is 0 Å². The number of sulfone groups is 2. The molecule has 6 heteroatoms. The van der Waals surface area contributed by atoms with Crippen LogP contribution >= 0.6 is 0 Å². The zero-order chi connectivity index (χ0) is 19.5. The van der Waals surface area contributed by atoms with Crippen molar-refractivity contribution in [1.29, 1.82) is 0 Å². The summed E-state index contributed by atoms with van der Waals surface area (Å²) < 4.78 is 50.9. The Hall–Kier alpha value is -1.66. The first-order chi connectivity index (χ1) is 12.0. The van der Waals surface area contributed by atoms with E-state index in [1.807, 2.05) is 27.7 Å². The predicted molar refractivity (Wildman–Crippen MR) is 105 cm³/mol. The van der Waals surface area contributed by atoms with Crippen molar-refractivity contribution in [3.05, 3.63) is 59.7 Å². The second-order valence-corrected chi connectivity index (χ2v) is 11.3. The molecule has 0 amide bonds. The van der Waals surface area contributed by atoms with Gasteiger partial charge < -0.3 is 0 Å². The first-order valence-corrected chi connectivity index (χ1v) is 11.9. The van der Waals surface area contributed by atoms with E-state index in [1.54, 1.807) is 48.5 Å². The molecule has 0 aliphatic heterocycles. The maximum Gasteiger partial charge on any atom is 0.178 e. The van der Waals surface area contributed by atoms with E-state index in [2.05, 4.69) is 0 Å². The molecule has 4 nitrogen and oxygen atoms in total. The minimum Gasteiger partial charge on any atom is -0.224 e. The maximum atomic E-state index is 12.7. The fourth-order valence-corrected chi connectivity index (χ4v) is 6.45. The Morgan fingerprint density at radius 3 is 1.23 bits per heavy atom. The largest absolute Gasteiger partial charge is 0.224 e. The Bertz CT molecular complexity index is 862. The van der Waals surface area contributed by atoms with Gasteiger partial charge in [0.05, 0.1) is 21.3 Å². The first-order valence-electron chi connectivity index (χ1n) is 8.60. The molecular formula is C20H26O4S2. The summed E-state index contributed by atoms with van der Waals surface area (Å²) in [6.07, 6.45) is 0. The highest BCUT2D eigenvalue weighted by molar-refractivity contribution is 7.92. The monoisotopic (exact) mass is 394 g/mol. The van der Waals surface area contributed by atoms with Crippen LogP contribution in [0.3, 0.4) is 0 Å². The SMILES string of the molecule is Cc1ccc(S(=O)(=O)CC(CS(=O)(=O)c2ccc(C)cc2)C(C)C)cc1. The van der Waals surface area contributed by atoms with E-state index in [-0.39, 0.29) is 27.2 Å². The fourth-order valence-electron chi connectivity index (χ4n) is 2.68. The van der Waals surface area contributed by atoms with Gasteiger partial charge in [0.15, 0.2) is 19.7 Å². The average Bonchev–Trinajstić information content (AvgIpc) is 2.54. The Labute approximate surface area is 157 Å². The number of rotatable bonds is 7. The smallest absolute Gasteiger partial charge is 0.178 e. The average molecular weight is 395 g/mol. The van der Waals surface area contributed by atoms with Gasteiger partial charge >= 0.3 is 0 Å². The van der Waals surface area contributed by atoms with Crippen LogP contribution in [-0.2, 0) is 19.7 Å². The van der Waals surface area contributed by atoms with Gasteiger partial charge in [-0.1, -0.05) is 49.2 Å². The highest BCUT2D eigenvalue weighted by Crippen LogP contribution is 2.24. The number of benzene rings is 2. The van der Waals surface area contributed by atoms with Gasteiger partial charge in [-0.3, -0.25) is 0 Å². The van der Waals surface area contributed by atoms with Crippen LogP contribution in [0, 0.1) is 25.7 Å². The Balaban J connectivity index is 2.26. The van der Waals surface area contributed by atoms with Crippen molar-refractivity contribution in [3.8, 4) is 0 Å². The summed E-state index contributed by atoms with van der Waals surface area (Å²) >= 11 is 0. The van der Waals surface area contributed by atoms with Gasteiger partial charge in [-0.05, 0) is 49.9 Å². The van der Waals surface area contributed by atoms with Crippen molar-refractivity contribution in [1.82, 2.24) is 0 Å². The van der Waals surface area contributed by atoms with Crippen molar-refractivity contribution < 1.29 is 16.8 Å². The van der Waals surface area contributed by atoms with Crippen molar-refractivity contribution >= 4 is 19.7 Å². The summed E-state index contributed by atoms with van der Waals surface area (Å²) in [5.74, 6) is -0.916. The van der Waals surface area contributed by atoms with Gasteiger partial charge in [0.25, 0.3) is 0 Å². The van der Waals surface area contributed by atoms with Gasteiger partial charge in [0.2, 0.25) is 0 Å². The fraction of sp³-hybridized carbons (Fsp3) is 0.400. The predicted octanol–water partition coefficient (Wildman–Crippen LogP) is 3.82. The lowest BCUT2D eigenvalue weighted by Crippen LogP contribution is -2.28. The van der Waals surface area contributed by atoms with Crippen LogP contribution in [0.15, 0.2) is 58.3 Å². The van der Waals surface area contributed by atoms with Crippen LogP contribution in [0.2, 0.25) is 0 Å². The summed E-state index contributed by atoms with van der Waals surface area (Å²) in [5, 5.41) is 0. The molecule has 0 N–H and O–H groups in total. The highest BCUT2D eigenvalue weighted by atomic mass is 32.2. The lowest BCUT2D eigenvalue weighted by Gasteiger charge is -2.21. The highest BCUT2D eigenvalue weighted by Gasteiger charge is 2.29. The van der Waals surface area contributed by atoms with Crippen LogP contribution < -0.4 is 0 Å². The van der Waals surface area contributed by atoms with E-state index >= 15 is 0 Å². The lowest BCUT2D eigenvalue weighted by atomic mass is 10.0. The summed E-state index contributed by atoms with van der Waals surface area (Å²) in [5.41, 5.74) is 1.96. The number of aryl methyl sites for hydroxylation is 2. The van der Waals surface area contributed by atoms with E-state index in [0.717, 1.165) is 11.1 Å². The molecule has 0 heterocycles. The molecule has 2 aromatic carbocycles. The van der Waals surface area contributed by atoms with Crippen molar-refractivity contribution in [3.63, 3.8) is 0 Å². The Kier molecular flexibility index (Phi) is 6.29. The molecule has 2 rings (SSSR count). The summed E-state index contributed by atoms with van der Waals surface area (Å²) in [7, 11) is -7.09.